The van der Waals surface area contributed by atoms with Gasteiger partial charge in [-0.1, -0.05) is 46.3 Å². The minimum absolute atomic E-state index is 0. The van der Waals surface area contributed by atoms with Crippen LogP contribution in [0.2, 0.25) is 0 Å². The fraction of sp³-hybridized carbons (Fsp3) is 0.368. The van der Waals surface area contributed by atoms with E-state index in [9.17, 15) is 0 Å². The highest BCUT2D eigenvalue weighted by Crippen LogP contribution is 2.24. The number of rotatable bonds is 9. The second-order valence-electron chi connectivity index (χ2n) is 5.86. The molecule has 2 rings (SSSR count). The van der Waals surface area contributed by atoms with Crippen LogP contribution in [0.4, 0.5) is 0 Å². The Morgan fingerprint density at radius 2 is 1.76 bits per heavy atom. The lowest BCUT2D eigenvalue weighted by molar-refractivity contribution is 0.302. The number of benzene rings is 2. The van der Waals surface area contributed by atoms with E-state index >= 15 is 0 Å². The van der Waals surface area contributed by atoms with Gasteiger partial charge in [0, 0.05) is 16.6 Å². The Morgan fingerprint density at radius 3 is 2.44 bits per heavy atom. The lowest BCUT2D eigenvalue weighted by atomic mass is 10.2. The molecule has 0 aliphatic rings. The summed E-state index contributed by atoms with van der Waals surface area (Å²) in [5.41, 5.74) is 2.36. The Balaban J connectivity index is 0.00000288. The molecule has 2 aromatic carbocycles. The van der Waals surface area contributed by atoms with E-state index in [0.29, 0.717) is 6.61 Å². The van der Waals surface area contributed by atoms with E-state index in [4.69, 9.17) is 4.74 Å². The first-order valence-corrected chi connectivity index (χ1v) is 8.75. The van der Waals surface area contributed by atoms with Gasteiger partial charge in [0.2, 0.25) is 0 Å². The maximum absolute atomic E-state index is 6.00. The van der Waals surface area contributed by atoms with E-state index < -0.39 is 0 Å². The van der Waals surface area contributed by atoms with Gasteiger partial charge in [-0.15, -0.1) is 24.8 Å². The van der Waals surface area contributed by atoms with Gasteiger partial charge >= 0.3 is 0 Å². The molecule has 0 fully saturated rings. The molecule has 140 valence electrons. The molecule has 0 aliphatic carbocycles. The summed E-state index contributed by atoms with van der Waals surface area (Å²) in [6, 6.07) is 16.4. The van der Waals surface area contributed by atoms with Crippen molar-refractivity contribution >= 4 is 40.7 Å². The SMILES string of the molecule is CN(C)CCCNCc1cc(Br)ccc1OCc1ccccc1.Cl.Cl. The summed E-state index contributed by atoms with van der Waals surface area (Å²) in [4.78, 5) is 2.20. The normalized spacial score (nSPS) is 10.1. The molecule has 25 heavy (non-hydrogen) atoms. The molecule has 0 amide bonds. The largest absolute Gasteiger partial charge is 0.489 e. The van der Waals surface area contributed by atoms with Crippen LogP contribution in [0.1, 0.15) is 17.5 Å². The van der Waals surface area contributed by atoms with Crippen LogP contribution < -0.4 is 10.1 Å². The van der Waals surface area contributed by atoms with Crippen LogP contribution in [-0.4, -0.2) is 32.1 Å². The van der Waals surface area contributed by atoms with Crippen LogP contribution in [0.5, 0.6) is 5.75 Å². The van der Waals surface area contributed by atoms with E-state index in [2.05, 4.69) is 58.4 Å². The van der Waals surface area contributed by atoms with Crippen molar-refractivity contribution in [2.75, 3.05) is 27.2 Å². The molecule has 0 aliphatic heterocycles. The molecular weight excluding hydrogens is 423 g/mol. The first-order chi connectivity index (χ1) is 11.1. The third-order valence-corrected chi connectivity index (χ3v) is 4.03. The Kier molecular flexibility index (Phi) is 13.0. The highest BCUT2D eigenvalue weighted by Gasteiger charge is 2.05. The van der Waals surface area contributed by atoms with Gasteiger partial charge in [0.15, 0.2) is 0 Å². The van der Waals surface area contributed by atoms with Crippen LogP contribution >= 0.6 is 40.7 Å². The first kappa shape index (κ1) is 24.2. The highest BCUT2D eigenvalue weighted by molar-refractivity contribution is 9.10. The van der Waals surface area contributed by atoms with Gasteiger partial charge in [-0.2, -0.15) is 0 Å². The Bertz CT molecular complexity index is 597. The Morgan fingerprint density at radius 1 is 1.04 bits per heavy atom. The Hall–Kier alpha value is -0.780. The summed E-state index contributed by atoms with van der Waals surface area (Å²) in [6.45, 7) is 3.51. The predicted molar refractivity (Wildman–Crippen MR) is 114 cm³/mol. The molecule has 0 saturated heterocycles. The van der Waals surface area contributed by atoms with E-state index in [0.717, 1.165) is 36.3 Å². The number of ether oxygens (including phenoxy) is 1. The van der Waals surface area contributed by atoms with Crippen molar-refractivity contribution in [3.8, 4) is 5.75 Å². The molecule has 0 atom stereocenters. The maximum Gasteiger partial charge on any atom is 0.124 e. The molecule has 0 aromatic heterocycles. The third-order valence-electron chi connectivity index (χ3n) is 3.53. The minimum Gasteiger partial charge on any atom is -0.489 e. The lowest BCUT2D eigenvalue weighted by Gasteiger charge is -2.14. The molecular formula is C19H27BrCl2N2O. The molecule has 3 nitrogen and oxygen atoms in total. The fourth-order valence-electron chi connectivity index (χ4n) is 2.31. The summed E-state index contributed by atoms with van der Waals surface area (Å²) in [5.74, 6) is 0.942. The topological polar surface area (TPSA) is 24.5 Å². The van der Waals surface area contributed by atoms with E-state index in [1.807, 2.05) is 30.3 Å². The number of nitrogens with one attached hydrogen (secondary N) is 1. The van der Waals surface area contributed by atoms with Crippen molar-refractivity contribution in [1.82, 2.24) is 10.2 Å². The monoisotopic (exact) mass is 448 g/mol. The van der Waals surface area contributed by atoms with Crippen LogP contribution in [0.15, 0.2) is 53.0 Å². The minimum atomic E-state index is 0. The number of hydrogen-bond acceptors (Lipinski definition) is 3. The van der Waals surface area contributed by atoms with Crippen molar-refractivity contribution in [2.24, 2.45) is 0 Å². The molecule has 0 bridgehead atoms. The molecule has 0 radical (unpaired) electrons. The van der Waals surface area contributed by atoms with E-state index in [-0.39, 0.29) is 24.8 Å². The van der Waals surface area contributed by atoms with E-state index in [1.54, 1.807) is 0 Å². The summed E-state index contributed by atoms with van der Waals surface area (Å²) in [7, 11) is 4.20. The van der Waals surface area contributed by atoms with Crippen molar-refractivity contribution in [1.29, 1.82) is 0 Å². The first-order valence-electron chi connectivity index (χ1n) is 7.96. The van der Waals surface area contributed by atoms with Crippen LogP contribution in [-0.2, 0) is 13.2 Å². The second-order valence-corrected chi connectivity index (χ2v) is 6.78. The second kappa shape index (κ2) is 13.4. The molecule has 2 aromatic rings. The van der Waals surface area contributed by atoms with Crippen LogP contribution in [0.25, 0.3) is 0 Å². The summed E-state index contributed by atoms with van der Waals surface area (Å²) < 4.78 is 7.08. The standard InChI is InChI=1S/C19H25BrN2O.2ClH/c1-22(2)12-6-11-21-14-17-13-18(20)9-10-19(17)23-15-16-7-4-3-5-8-16;;/h3-5,7-10,13,21H,6,11-12,14-15H2,1-2H3;2*1H. The zero-order chi connectivity index (χ0) is 16.5. The van der Waals surface area contributed by atoms with Gasteiger partial charge in [-0.05, 0) is 57.4 Å². The molecule has 0 heterocycles. The Labute approximate surface area is 172 Å². The fourth-order valence-corrected chi connectivity index (χ4v) is 2.71. The van der Waals surface area contributed by atoms with Crippen molar-refractivity contribution in [3.05, 3.63) is 64.1 Å². The quantitative estimate of drug-likeness (QED) is 0.550. The van der Waals surface area contributed by atoms with Gasteiger partial charge < -0.3 is 15.0 Å². The molecule has 1 N–H and O–H groups in total. The third kappa shape index (κ3) is 9.47. The zero-order valence-corrected chi connectivity index (χ0v) is 17.9. The number of hydrogen-bond donors (Lipinski definition) is 1. The highest BCUT2D eigenvalue weighted by atomic mass is 79.9. The van der Waals surface area contributed by atoms with Gasteiger partial charge in [-0.3, -0.25) is 0 Å². The summed E-state index contributed by atoms with van der Waals surface area (Å²) in [5, 5.41) is 3.50. The average Bonchev–Trinajstić information content (AvgIpc) is 2.54. The van der Waals surface area contributed by atoms with Gasteiger partial charge in [0.1, 0.15) is 12.4 Å². The van der Waals surface area contributed by atoms with Crippen molar-refractivity contribution in [2.45, 2.75) is 19.6 Å². The zero-order valence-electron chi connectivity index (χ0n) is 14.7. The summed E-state index contributed by atoms with van der Waals surface area (Å²) >= 11 is 3.54. The predicted octanol–water partition coefficient (Wildman–Crippen LogP) is 4.91. The van der Waals surface area contributed by atoms with Crippen LogP contribution in [0.3, 0.4) is 0 Å². The lowest BCUT2D eigenvalue weighted by Crippen LogP contribution is -2.21. The van der Waals surface area contributed by atoms with Crippen LogP contribution in [0, 0.1) is 0 Å². The number of nitrogens with zero attached hydrogens (tertiary/aromatic N) is 1. The number of halogens is 3. The smallest absolute Gasteiger partial charge is 0.124 e. The maximum atomic E-state index is 6.00. The molecule has 0 saturated carbocycles. The van der Waals surface area contributed by atoms with Gasteiger partial charge in [-0.25, -0.2) is 0 Å². The molecule has 0 unspecified atom stereocenters. The van der Waals surface area contributed by atoms with Gasteiger partial charge in [0.05, 0.1) is 0 Å². The van der Waals surface area contributed by atoms with Crippen molar-refractivity contribution in [3.63, 3.8) is 0 Å². The summed E-state index contributed by atoms with van der Waals surface area (Å²) in [6.07, 6.45) is 1.14. The molecule has 0 spiro atoms. The average molecular weight is 450 g/mol. The van der Waals surface area contributed by atoms with E-state index in [1.165, 1.54) is 11.1 Å². The van der Waals surface area contributed by atoms with Crippen molar-refractivity contribution < 1.29 is 4.74 Å². The van der Waals surface area contributed by atoms with Gasteiger partial charge in [0.25, 0.3) is 0 Å². The molecule has 6 heteroatoms.